The molecule has 0 fully saturated rings. The van der Waals surface area contributed by atoms with Crippen LogP contribution in [-0.2, 0) is 4.74 Å². The molecule has 0 aliphatic rings. The fourth-order valence-electron chi connectivity index (χ4n) is 0.993. The van der Waals surface area contributed by atoms with Crippen LogP contribution in [-0.4, -0.2) is 46.7 Å². The standard InChI is InChI=1S/C10H13NO4S/c12-3-4-15-5-6-16-9-7-8(10(13)14)1-2-11-9/h1-2,7,12H,3-6H2,(H,13,14). The summed E-state index contributed by atoms with van der Waals surface area (Å²) in [5.41, 5.74) is 0.230. The van der Waals surface area contributed by atoms with Crippen LogP contribution in [0.5, 0.6) is 0 Å². The Morgan fingerprint density at radius 2 is 2.31 bits per heavy atom. The van der Waals surface area contributed by atoms with E-state index in [4.69, 9.17) is 14.9 Å². The number of ether oxygens (including phenoxy) is 1. The number of pyridine rings is 1. The van der Waals surface area contributed by atoms with Crippen LogP contribution < -0.4 is 0 Å². The number of rotatable bonds is 7. The van der Waals surface area contributed by atoms with E-state index in [9.17, 15) is 4.79 Å². The lowest BCUT2D eigenvalue weighted by Crippen LogP contribution is -2.03. The number of thioether (sulfide) groups is 1. The maximum atomic E-state index is 10.7. The number of hydrogen-bond donors (Lipinski definition) is 2. The van der Waals surface area contributed by atoms with Crippen LogP contribution in [0.3, 0.4) is 0 Å². The van der Waals surface area contributed by atoms with Gasteiger partial charge in [0, 0.05) is 11.9 Å². The van der Waals surface area contributed by atoms with Gasteiger partial charge in [-0.25, -0.2) is 9.78 Å². The van der Waals surface area contributed by atoms with Crippen LogP contribution in [0.1, 0.15) is 10.4 Å². The highest BCUT2D eigenvalue weighted by atomic mass is 32.2. The summed E-state index contributed by atoms with van der Waals surface area (Å²) in [6.45, 7) is 0.838. The summed E-state index contributed by atoms with van der Waals surface area (Å²) in [7, 11) is 0. The summed E-state index contributed by atoms with van der Waals surface area (Å²) >= 11 is 1.42. The minimum atomic E-state index is -0.958. The maximum absolute atomic E-state index is 10.7. The van der Waals surface area contributed by atoms with Gasteiger partial charge in [-0.1, -0.05) is 0 Å². The predicted molar refractivity (Wildman–Crippen MR) is 59.8 cm³/mol. The van der Waals surface area contributed by atoms with Crippen LogP contribution in [0.15, 0.2) is 23.4 Å². The highest BCUT2D eigenvalue weighted by molar-refractivity contribution is 7.99. The first-order valence-electron chi connectivity index (χ1n) is 4.75. The van der Waals surface area contributed by atoms with E-state index in [-0.39, 0.29) is 12.2 Å². The Labute approximate surface area is 97.5 Å². The summed E-state index contributed by atoms with van der Waals surface area (Å²) in [6, 6.07) is 2.98. The molecular weight excluding hydrogens is 230 g/mol. The molecule has 0 amide bonds. The molecule has 1 aromatic rings. The molecule has 88 valence electrons. The number of aliphatic hydroxyl groups excluding tert-OH is 1. The van der Waals surface area contributed by atoms with Crippen molar-refractivity contribution in [3.8, 4) is 0 Å². The van der Waals surface area contributed by atoms with Crippen molar-refractivity contribution in [1.29, 1.82) is 0 Å². The second-order valence-electron chi connectivity index (χ2n) is 2.87. The van der Waals surface area contributed by atoms with Gasteiger partial charge in [0.05, 0.1) is 30.4 Å². The lowest BCUT2D eigenvalue weighted by Gasteiger charge is -2.02. The Morgan fingerprint density at radius 1 is 1.50 bits per heavy atom. The number of carboxylic acid groups (broad SMARTS) is 1. The lowest BCUT2D eigenvalue weighted by atomic mass is 10.3. The largest absolute Gasteiger partial charge is 0.478 e. The molecule has 0 aliphatic carbocycles. The van der Waals surface area contributed by atoms with Gasteiger partial charge in [-0.2, -0.15) is 0 Å². The third kappa shape index (κ3) is 4.61. The van der Waals surface area contributed by atoms with E-state index in [0.29, 0.717) is 24.0 Å². The molecule has 0 saturated carbocycles. The SMILES string of the molecule is O=C(O)c1ccnc(SCCOCCO)c1. The van der Waals surface area contributed by atoms with Gasteiger partial charge in [0.15, 0.2) is 0 Å². The third-order valence-electron chi connectivity index (χ3n) is 1.70. The molecule has 1 heterocycles. The molecule has 0 bridgehead atoms. The Balaban J connectivity index is 2.36. The Kier molecular flexibility index (Phi) is 5.84. The van der Waals surface area contributed by atoms with Gasteiger partial charge < -0.3 is 14.9 Å². The smallest absolute Gasteiger partial charge is 0.335 e. The van der Waals surface area contributed by atoms with Crippen molar-refractivity contribution in [2.24, 2.45) is 0 Å². The first-order chi connectivity index (χ1) is 7.74. The topological polar surface area (TPSA) is 79.7 Å². The van der Waals surface area contributed by atoms with E-state index >= 15 is 0 Å². The molecule has 6 heteroatoms. The molecule has 0 aliphatic heterocycles. The molecule has 0 radical (unpaired) electrons. The Morgan fingerprint density at radius 3 is 3.00 bits per heavy atom. The van der Waals surface area contributed by atoms with Crippen molar-refractivity contribution in [2.45, 2.75) is 5.03 Å². The monoisotopic (exact) mass is 243 g/mol. The predicted octanol–water partition coefficient (Wildman–Crippen LogP) is 0.881. The van der Waals surface area contributed by atoms with Crippen molar-refractivity contribution in [3.63, 3.8) is 0 Å². The van der Waals surface area contributed by atoms with Crippen molar-refractivity contribution in [2.75, 3.05) is 25.6 Å². The van der Waals surface area contributed by atoms with Gasteiger partial charge in [-0.3, -0.25) is 0 Å². The van der Waals surface area contributed by atoms with Crippen LogP contribution in [0.4, 0.5) is 0 Å². The zero-order chi connectivity index (χ0) is 11.8. The normalized spacial score (nSPS) is 10.3. The number of aromatic carboxylic acids is 1. The quantitative estimate of drug-likeness (QED) is 0.546. The van der Waals surface area contributed by atoms with Crippen molar-refractivity contribution >= 4 is 17.7 Å². The van der Waals surface area contributed by atoms with E-state index < -0.39 is 5.97 Å². The maximum Gasteiger partial charge on any atom is 0.335 e. The third-order valence-corrected chi connectivity index (χ3v) is 2.58. The highest BCUT2D eigenvalue weighted by Crippen LogP contribution is 2.15. The number of carbonyl (C=O) groups is 1. The fraction of sp³-hybridized carbons (Fsp3) is 0.400. The van der Waals surface area contributed by atoms with E-state index in [2.05, 4.69) is 4.98 Å². The van der Waals surface area contributed by atoms with Gasteiger partial charge in [-0.15, -0.1) is 11.8 Å². The Hall–Kier alpha value is -1.11. The molecule has 0 aromatic carbocycles. The summed E-state index contributed by atoms with van der Waals surface area (Å²) in [5.74, 6) is -0.281. The van der Waals surface area contributed by atoms with Gasteiger partial charge >= 0.3 is 5.97 Å². The Bertz CT molecular complexity index is 345. The highest BCUT2D eigenvalue weighted by Gasteiger charge is 2.04. The summed E-state index contributed by atoms with van der Waals surface area (Å²) < 4.78 is 5.07. The average molecular weight is 243 g/mol. The molecule has 0 unspecified atom stereocenters. The molecule has 0 spiro atoms. The van der Waals surface area contributed by atoms with Crippen molar-refractivity contribution < 1.29 is 19.7 Å². The molecule has 1 rings (SSSR count). The second kappa shape index (κ2) is 7.21. The van der Waals surface area contributed by atoms with Crippen LogP contribution in [0, 0.1) is 0 Å². The van der Waals surface area contributed by atoms with Gasteiger partial charge in [0.25, 0.3) is 0 Å². The molecule has 5 nitrogen and oxygen atoms in total. The minimum absolute atomic E-state index is 0.0113. The van der Waals surface area contributed by atoms with E-state index in [1.54, 1.807) is 0 Å². The molecule has 2 N–H and O–H groups in total. The first-order valence-corrected chi connectivity index (χ1v) is 5.73. The molecule has 0 saturated heterocycles. The molecule has 0 atom stereocenters. The lowest BCUT2D eigenvalue weighted by molar-refractivity contribution is 0.0696. The molecule has 16 heavy (non-hydrogen) atoms. The van der Waals surface area contributed by atoms with E-state index in [1.165, 1.54) is 30.1 Å². The zero-order valence-electron chi connectivity index (χ0n) is 8.63. The van der Waals surface area contributed by atoms with Crippen LogP contribution >= 0.6 is 11.8 Å². The first kappa shape index (κ1) is 13.0. The number of hydrogen-bond acceptors (Lipinski definition) is 5. The summed E-state index contributed by atoms with van der Waals surface area (Å²) in [6.07, 6.45) is 1.47. The van der Waals surface area contributed by atoms with Crippen LogP contribution in [0.25, 0.3) is 0 Å². The number of nitrogens with zero attached hydrogens (tertiary/aromatic N) is 1. The van der Waals surface area contributed by atoms with Crippen LogP contribution in [0.2, 0.25) is 0 Å². The number of carboxylic acids is 1. The van der Waals surface area contributed by atoms with E-state index in [1.807, 2.05) is 0 Å². The number of aromatic nitrogens is 1. The second-order valence-corrected chi connectivity index (χ2v) is 3.99. The van der Waals surface area contributed by atoms with Gasteiger partial charge in [0.1, 0.15) is 0 Å². The fourth-order valence-corrected chi connectivity index (χ4v) is 1.75. The zero-order valence-corrected chi connectivity index (χ0v) is 9.44. The van der Waals surface area contributed by atoms with E-state index in [0.717, 1.165) is 0 Å². The average Bonchev–Trinajstić information content (AvgIpc) is 2.29. The van der Waals surface area contributed by atoms with Gasteiger partial charge in [0.2, 0.25) is 0 Å². The van der Waals surface area contributed by atoms with Crippen molar-refractivity contribution in [3.05, 3.63) is 23.9 Å². The molecule has 1 aromatic heterocycles. The number of aliphatic hydroxyl groups is 1. The summed E-state index contributed by atoms with van der Waals surface area (Å²) in [5, 5.41) is 17.9. The van der Waals surface area contributed by atoms with Gasteiger partial charge in [-0.05, 0) is 12.1 Å². The van der Waals surface area contributed by atoms with Crippen molar-refractivity contribution in [1.82, 2.24) is 4.98 Å². The minimum Gasteiger partial charge on any atom is -0.478 e. The summed E-state index contributed by atoms with van der Waals surface area (Å²) in [4.78, 5) is 14.7. The molecular formula is C10H13NO4S.